The van der Waals surface area contributed by atoms with Crippen LogP contribution in [0.5, 0.6) is 0 Å². The van der Waals surface area contributed by atoms with Crippen LogP contribution in [0.15, 0.2) is 54.0 Å². The summed E-state index contributed by atoms with van der Waals surface area (Å²) in [4.78, 5) is 35.1. The van der Waals surface area contributed by atoms with Gasteiger partial charge in [0.2, 0.25) is 0 Å². The molecule has 0 aliphatic heterocycles. The van der Waals surface area contributed by atoms with Crippen molar-refractivity contribution < 1.29 is 19.2 Å². The SMILES string of the molecule is C=Cc1cc(-n2ccc3cc(N(C)C(=O)O)c(F)cc3c2=O)ccc1[N+](=O)[O-]. The number of aromatic nitrogens is 1. The van der Waals surface area contributed by atoms with Gasteiger partial charge < -0.3 is 5.11 Å². The summed E-state index contributed by atoms with van der Waals surface area (Å²) in [5, 5.41) is 20.5. The molecule has 0 radical (unpaired) electrons. The molecule has 1 heterocycles. The van der Waals surface area contributed by atoms with Gasteiger partial charge in [0, 0.05) is 25.0 Å². The molecular formula is C19H14FN3O5. The number of halogens is 1. The van der Waals surface area contributed by atoms with Gasteiger partial charge in [-0.15, -0.1) is 0 Å². The number of carbonyl (C=O) groups is 1. The highest BCUT2D eigenvalue weighted by Crippen LogP contribution is 2.26. The third-order valence-corrected chi connectivity index (χ3v) is 4.33. The molecule has 9 heteroatoms. The number of hydrogen-bond acceptors (Lipinski definition) is 4. The molecule has 0 fully saturated rings. The van der Waals surface area contributed by atoms with Gasteiger partial charge in [-0.05, 0) is 35.7 Å². The molecule has 2 aromatic carbocycles. The van der Waals surface area contributed by atoms with E-state index in [2.05, 4.69) is 6.58 Å². The average Bonchev–Trinajstić information content (AvgIpc) is 2.67. The lowest BCUT2D eigenvalue weighted by molar-refractivity contribution is -0.385. The van der Waals surface area contributed by atoms with Crippen LogP contribution in [0, 0.1) is 15.9 Å². The minimum Gasteiger partial charge on any atom is -0.465 e. The molecule has 0 saturated heterocycles. The minimum atomic E-state index is -1.34. The highest BCUT2D eigenvalue weighted by molar-refractivity contribution is 5.91. The first kappa shape index (κ1) is 18.8. The van der Waals surface area contributed by atoms with Crippen LogP contribution in [0.3, 0.4) is 0 Å². The van der Waals surface area contributed by atoms with E-state index in [0.29, 0.717) is 16.0 Å². The predicted octanol–water partition coefficient (Wildman–Crippen LogP) is 3.80. The number of nitro groups is 1. The van der Waals surface area contributed by atoms with Crippen LogP contribution >= 0.6 is 0 Å². The first-order chi connectivity index (χ1) is 13.2. The first-order valence-electron chi connectivity index (χ1n) is 7.97. The standard InChI is InChI=1S/C19H14FN3O5/c1-3-11-8-13(4-5-16(11)23(27)28)22-7-6-12-9-17(21(2)19(25)26)15(20)10-14(12)18(22)24/h3-10H,1H2,2H3,(H,25,26). The normalized spacial score (nSPS) is 10.6. The maximum absolute atomic E-state index is 14.4. The van der Waals surface area contributed by atoms with Gasteiger partial charge in [0.15, 0.2) is 0 Å². The summed E-state index contributed by atoms with van der Waals surface area (Å²) in [5.41, 5.74) is -0.301. The maximum Gasteiger partial charge on any atom is 0.411 e. The van der Waals surface area contributed by atoms with Crippen LogP contribution in [0.4, 0.5) is 20.6 Å². The van der Waals surface area contributed by atoms with Crippen LogP contribution in [-0.4, -0.2) is 27.7 Å². The van der Waals surface area contributed by atoms with E-state index < -0.39 is 22.4 Å². The Morgan fingerprint density at radius 3 is 2.64 bits per heavy atom. The van der Waals surface area contributed by atoms with Crippen molar-refractivity contribution in [3.63, 3.8) is 0 Å². The van der Waals surface area contributed by atoms with E-state index in [1.54, 1.807) is 0 Å². The van der Waals surface area contributed by atoms with Crippen LogP contribution in [0.2, 0.25) is 0 Å². The number of hydrogen-bond donors (Lipinski definition) is 1. The number of nitrogens with zero attached hydrogens (tertiary/aromatic N) is 3. The lowest BCUT2D eigenvalue weighted by Gasteiger charge is -2.15. The van der Waals surface area contributed by atoms with Crippen molar-refractivity contribution in [1.29, 1.82) is 0 Å². The van der Waals surface area contributed by atoms with Crippen molar-refractivity contribution >= 4 is 34.3 Å². The Hall–Kier alpha value is -4.01. The molecule has 1 N–H and O–H groups in total. The maximum atomic E-state index is 14.4. The summed E-state index contributed by atoms with van der Waals surface area (Å²) >= 11 is 0. The number of amides is 1. The third kappa shape index (κ3) is 3.09. The molecule has 0 saturated carbocycles. The lowest BCUT2D eigenvalue weighted by atomic mass is 10.1. The van der Waals surface area contributed by atoms with E-state index in [-0.39, 0.29) is 22.3 Å². The largest absolute Gasteiger partial charge is 0.465 e. The number of carboxylic acid groups (broad SMARTS) is 1. The highest BCUT2D eigenvalue weighted by atomic mass is 19.1. The number of nitro benzene ring substituents is 1. The van der Waals surface area contributed by atoms with Crippen LogP contribution in [-0.2, 0) is 0 Å². The van der Waals surface area contributed by atoms with Gasteiger partial charge >= 0.3 is 6.09 Å². The predicted molar refractivity (Wildman–Crippen MR) is 103 cm³/mol. The Balaban J connectivity index is 2.20. The Kier molecular flexibility index (Phi) is 4.66. The molecule has 142 valence electrons. The van der Waals surface area contributed by atoms with Crippen LogP contribution < -0.4 is 10.5 Å². The monoisotopic (exact) mass is 383 g/mol. The van der Waals surface area contributed by atoms with Gasteiger partial charge in [0.05, 0.1) is 21.6 Å². The molecule has 0 bridgehead atoms. The number of pyridine rings is 1. The molecule has 28 heavy (non-hydrogen) atoms. The molecule has 0 atom stereocenters. The summed E-state index contributed by atoms with van der Waals surface area (Å²) in [6.45, 7) is 3.54. The van der Waals surface area contributed by atoms with E-state index in [4.69, 9.17) is 5.11 Å². The van der Waals surface area contributed by atoms with E-state index in [1.165, 1.54) is 54.2 Å². The van der Waals surface area contributed by atoms with Crippen molar-refractivity contribution in [2.75, 3.05) is 11.9 Å². The molecular weight excluding hydrogens is 369 g/mol. The van der Waals surface area contributed by atoms with Crippen molar-refractivity contribution in [2.24, 2.45) is 0 Å². The Labute approximate surface area is 157 Å². The molecule has 0 aliphatic carbocycles. The zero-order valence-electron chi connectivity index (χ0n) is 14.6. The number of benzene rings is 2. The fourth-order valence-corrected chi connectivity index (χ4v) is 2.84. The van der Waals surface area contributed by atoms with Gasteiger partial charge in [-0.2, -0.15) is 0 Å². The van der Waals surface area contributed by atoms with Crippen molar-refractivity contribution in [2.45, 2.75) is 0 Å². The molecule has 3 aromatic rings. The second kappa shape index (κ2) is 6.95. The summed E-state index contributed by atoms with van der Waals surface area (Å²) in [6.07, 6.45) is 1.40. The quantitative estimate of drug-likeness (QED) is 0.545. The second-order valence-electron chi connectivity index (χ2n) is 5.93. The third-order valence-electron chi connectivity index (χ3n) is 4.33. The molecule has 1 amide bonds. The Bertz CT molecular complexity index is 1200. The van der Waals surface area contributed by atoms with E-state index in [0.717, 1.165) is 6.07 Å². The van der Waals surface area contributed by atoms with Gasteiger partial charge in [-0.1, -0.05) is 12.7 Å². The molecule has 0 aliphatic rings. The highest BCUT2D eigenvalue weighted by Gasteiger charge is 2.17. The van der Waals surface area contributed by atoms with Gasteiger partial charge in [-0.3, -0.25) is 24.4 Å². The summed E-state index contributed by atoms with van der Waals surface area (Å²) < 4.78 is 15.6. The van der Waals surface area contributed by atoms with Crippen molar-refractivity contribution in [3.05, 3.63) is 81.0 Å². The fourth-order valence-electron chi connectivity index (χ4n) is 2.84. The Morgan fingerprint density at radius 1 is 1.32 bits per heavy atom. The van der Waals surface area contributed by atoms with Crippen LogP contribution in [0.1, 0.15) is 5.56 Å². The summed E-state index contributed by atoms with van der Waals surface area (Å²) in [5.74, 6) is -0.859. The zero-order chi connectivity index (χ0) is 20.6. The fraction of sp³-hybridized carbons (Fsp3) is 0.0526. The molecule has 1 aromatic heterocycles. The smallest absolute Gasteiger partial charge is 0.411 e. The van der Waals surface area contributed by atoms with Crippen LogP contribution in [0.25, 0.3) is 22.5 Å². The summed E-state index contributed by atoms with van der Waals surface area (Å²) in [6, 6.07) is 7.87. The summed E-state index contributed by atoms with van der Waals surface area (Å²) in [7, 11) is 1.20. The van der Waals surface area contributed by atoms with Gasteiger partial charge in [0.25, 0.3) is 11.2 Å². The average molecular weight is 383 g/mol. The number of fused-ring (bicyclic) bond motifs is 1. The lowest BCUT2D eigenvalue weighted by Crippen LogP contribution is -2.25. The first-order valence-corrected chi connectivity index (χ1v) is 7.97. The van der Waals surface area contributed by atoms with Gasteiger partial charge in [-0.25, -0.2) is 9.18 Å². The molecule has 3 rings (SSSR count). The number of rotatable bonds is 4. The van der Waals surface area contributed by atoms with Crippen molar-refractivity contribution in [3.8, 4) is 5.69 Å². The molecule has 0 spiro atoms. The van der Waals surface area contributed by atoms with E-state index >= 15 is 0 Å². The van der Waals surface area contributed by atoms with Gasteiger partial charge in [0.1, 0.15) is 5.82 Å². The molecule has 8 nitrogen and oxygen atoms in total. The number of anilines is 1. The second-order valence-corrected chi connectivity index (χ2v) is 5.93. The zero-order valence-corrected chi connectivity index (χ0v) is 14.6. The Morgan fingerprint density at radius 2 is 2.04 bits per heavy atom. The molecule has 0 unspecified atom stereocenters. The minimum absolute atomic E-state index is 0.0426. The van der Waals surface area contributed by atoms with E-state index in [9.17, 15) is 24.1 Å². The topological polar surface area (TPSA) is 106 Å². The van der Waals surface area contributed by atoms with Crippen molar-refractivity contribution in [1.82, 2.24) is 4.57 Å². The van der Waals surface area contributed by atoms with E-state index in [1.807, 2.05) is 0 Å².